The first kappa shape index (κ1) is 21.2. The predicted octanol–water partition coefficient (Wildman–Crippen LogP) is 2.53. The summed E-state index contributed by atoms with van der Waals surface area (Å²) in [6, 6.07) is 11.5. The number of amides is 3. The molecule has 156 valence electrons. The number of hydrogen-bond acceptors (Lipinski definition) is 6. The molecule has 8 nitrogen and oxygen atoms in total. The second-order valence-corrected chi connectivity index (χ2v) is 6.78. The standard InChI is InChI=1S/C19H16F2N4O4S/c1-22-18(28)24-15(26)10-30-19-23-14-5-3-2-4-13(14)16(27)25(19)11-6-8-12(9-7-11)29-17(20)21/h2-9,17H,10H2,1H3,(H2,22,24,26,28). The number of ether oxygens (including phenoxy) is 1. The monoisotopic (exact) mass is 434 g/mol. The molecule has 0 aliphatic carbocycles. The SMILES string of the molecule is CNC(=O)NC(=O)CSc1nc2ccccc2c(=O)n1-c1ccc(OC(F)F)cc1. The topological polar surface area (TPSA) is 102 Å². The number of carbonyl (C=O) groups is 2. The third kappa shape index (κ3) is 4.92. The summed E-state index contributed by atoms with van der Waals surface area (Å²) in [5.74, 6) is -0.811. The molecule has 1 aromatic heterocycles. The van der Waals surface area contributed by atoms with Gasteiger partial charge in [-0.2, -0.15) is 8.78 Å². The zero-order valence-corrected chi connectivity index (χ0v) is 16.4. The summed E-state index contributed by atoms with van der Waals surface area (Å²) in [7, 11) is 1.37. The molecule has 11 heteroatoms. The van der Waals surface area contributed by atoms with Crippen molar-refractivity contribution in [2.24, 2.45) is 0 Å². The summed E-state index contributed by atoms with van der Waals surface area (Å²) < 4.78 is 30.4. The number of hydrogen-bond donors (Lipinski definition) is 2. The quantitative estimate of drug-likeness (QED) is 0.457. The minimum Gasteiger partial charge on any atom is -0.435 e. The Balaban J connectivity index is 1.99. The van der Waals surface area contributed by atoms with Gasteiger partial charge in [0.05, 0.1) is 22.3 Å². The van der Waals surface area contributed by atoms with Crippen LogP contribution < -0.4 is 20.9 Å². The Kier molecular flexibility index (Phi) is 6.62. The van der Waals surface area contributed by atoms with Gasteiger partial charge < -0.3 is 10.1 Å². The van der Waals surface area contributed by atoms with E-state index in [9.17, 15) is 23.2 Å². The highest BCUT2D eigenvalue weighted by Crippen LogP contribution is 2.23. The fourth-order valence-electron chi connectivity index (χ4n) is 2.57. The van der Waals surface area contributed by atoms with Gasteiger partial charge in [-0.1, -0.05) is 23.9 Å². The van der Waals surface area contributed by atoms with Gasteiger partial charge in [0, 0.05) is 7.05 Å². The number of carbonyl (C=O) groups excluding carboxylic acids is 2. The van der Waals surface area contributed by atoms with Gasteiger partial charge in [0.1, 0.15) is 5.75 Å². The van der Waals surface area contributed by atoms with Gasteiger partial charge in [0.15, 0.2) is 5.16 Å². The van der Waals surface area contributed by atoms with E-state index >= 15 is 0 Å². The Morgan fingerprint density at radius 2 is 1.87 bits per heavy atom. The summed E-state index contributed by atoms with van der Waals surface area (Å²) >= 11 is 0.955. The van der Waals surface area contributed by atoms with Crippen LogP contribution in [-0.4, -0.2) is 40.9 Å². The van der Waals surface area contributed by atoms with Gasteiger partial charge in [-0.05, 0) is 36.4 Å². The van der Waals surface area contributed by atoms with E-state index in [1.165, 1.54) is 35.9 Å². The van der Waals surface area contributed by atoms with E-state index in [1.807, 2.05) is 0 Å². The van der Waals surface area contributed by atoms with E-state index in [1.54, 1.807) is 24.3 Å². The highest BCUT2D eigenvalue weighted by molar-refractivity contribution is 7.99. The third-order valence-electron chi connectivity index (χ3n) is 3.88. The lowest BCUT2D eigenvalue weighted by Crippen LogP contribution is -2.38. The van der Waals surface area contributed by atoms with Crippen LogP contribution in [0.2, 0.25) is 0 Å². The van der Waals surface area contributed by atoms with Gasteiger partial charge >= 0.3 is 12.6 Å². The van der Waals surface area contributed by atoms with Gasteiger partial charge in [0.25, 0.3) is 5.56 Å². The number of halogens is 2. The molecule has 2 N–H and O–H groups in total. The highest BCUT2D eigenvalue weighted by atomic mass is 32.2. The maximum absolute atomic E-state index is 13.1. The Hall–Kier alpha value is -3.47. The van der Waals surface area contributed by atoms with E-state index in [2.05, 4.69) is 20.4 Å². The van der Waals surface area contributed by atoms with Gasteiger partial charge in [-0.25, -0.2) is 9.78 Å². The number of aromatic nitrogens is 2. The minimum absolute atomic E-state index is 0.0605. The molecule has 0 aliphatic rings. The molecule has 0 saturated heterocycles. The number of thioether (sulfide) groups is 1. The first-order valence-electron chi connectivity index (χ1n) is 8.60. The number of fused-ring (bicyclic) bond motifs is 1. The lowest BCUT2D eigenvalue weighted by molar-refractivity contribution is -0.117. The van der Waals surface area contributed by atoms with E-state index in [-0.39, 0.29) is 16.7 Å². The van der Waals surface area contributed by atoms with E-state index in [4.69, 9.17) is 0 Å². The number of urea groups is 1. The number of alkyl halides is 2. The number of para-hydroxylation sites is 1. The van der Waals surface area contributed by atoms with Crippen molar-refractivity contribution < 1.29 is 23.1 Å². The van der Waals surface area contributed by atoms with Crippen molar-refractivity contribution in [3.63, 3.8) is 0 Å². The molecule has 0 atom stereocenters. The normalized spacial score (nSPS) is 10.8. The van der Waals surface area contributed by atoms with Gasteiger partial charge in [-0.15, -0.1) is 0 Å². The highest BCUT2D eigenvalue weighted by Gasteiger charge is 2.16. The van der Waals surface area contributed by atoms with Crippen LogP contribution in [0.15, 0.2) is 58.5 Å². The molecule has 30 heavy (non-hydrogen) atoms. The zero-order valence-electron chi connectivity index (χ0n) is 15.6. The predicted molar refractivity (Wildman–Crippen MR) is 107 cm³/mol. The molecule has 0 fully saturated rings. The lowest BCUT2D eigenvalue weighted by atomic mass is 10.2. The summed E-state index contributed by atoms with van der Waals surface area (Å²) in [6.45, 7) is -2.97. The number of nitrogens with zero attached hydrogens (tertiary/aromatic N) is 2. The summed E-state index contributed by atoms with van der Waals surface area (Å²) in [5.41, 5.74) is 0.400. The maximum atomic E-state index is 13.1. The third-order valence-corrected chi connectivity index (χ3v) is 4.82. The van der Waals surface area contributed by atoms with Crippen LogP contribution in [0, 0.1) is 0 Å². The van der Waals surface area contributed by atoms with Crippen LogP contribution in [0.3, 0.4) is 0 Å². The molecule has 0 radical (unpaired) electrons. The molecule has 2 aromatic carbocycles. The number of nitrogens with one attached hydrogen (secondary N) is 2. The van der Waals surface area contributed by atoms with E-state index in [0.29, 0.717) is 16.6 Å². The Morgan fingerprint density at radius 1 is 1.17 bits per heavy atom. The van der Waals surface area contributed by atoms with Crippen molar-refractivity contribution in [2.75, 3.05) is 12.8 Å². The van der Waals surface area contributed by atoms with Crippen molar-refractivity contribution in [1.29, 1.82) is 0 Å². The summed E-state index contributed by atoms with van der Waals surface area (Å²) in [6.07, 6.45) is 0. The van der Waals surface area contributed by atoms with Crippen LogP contribution >= 0.6 is 11.8 Å². The number of rotatable bonds is 6. The molecule has 0 bridgehead atoms. The van der Waals surface area contributed by atoms with Gasteiger partial charge in [0.2, 0.25) is 5.91 Å². The van der Waals surface area contributed by atoms with Crippen LogP contribution in [0.25, 0.3) is 16.6 Å². The molecule has 0 saturated carbocycles. The molecular formula is C19H16F2N4O4S. The zero-order chi connectivity index (χ0) is 21.7. The molecule has 0 aliphatic heterocycles. The van der Waals surface area contributed by atoms with Crippen LogP contribution in [-0.2, 0) is 4.79 Å². The molecule has 3 aromatic rings. The van der Waals surface area contributed by atoms with E-state index in [0.717, 1.165) is 11.8 Å². The smallest absolute Gasteiger partial charge is 0.387 e. The molecule has 0 spiro atoms. The molecule has 0 unspecified atom stereocenters. The van der Waals surface area contributed by atoms with Crippen molar-refractivity contribution in [3.8, 4) is 11.4 Å². The van der Waals surface area contributed by atoms with Crippen LogP contribution in [0.4, 0.5) is 13.6 Å². The van der Waals surface area contributed by atoms with Crippen molar-refractivity contribution in [2.45, 2.75) is 11.8 Å². The lowest BCUT2D eigenvalue weighted by Gasteiger charge is -2.14. The average Bonchev–Trinajstić information content (AvgIpc) is 2.72. The summed E-state index contributed by atoms with van der Waals surface area (Å²) in [5, 5.41) is 4.94. The minimum atomic E-state index is -2.97. The molecule has 1 heterocycles. The average molecular weight is 434 g/mol. The maximum Gasteiger partial charge on any atom is 0.387 e. The Labute approximate surface area is 173 Å². The van der Waals surface area contributed by atoms with Gasteiger partial charge in [-0.3, -0.25) is 19.5 Å². The fraction of sp³-hybridized carbons (Fsp3) is 0.158. The second kappa shape index (κ2) is 9.35. The number of imide groups is 1. The van der Waals surface area contributed by atoms with Crippen molar-refractivity contribution in [1.82, 2.24) is 20.2 Å². The molecule has 3 amide bonds. The molecular weight excluding hydrogens is 418 g/mol. The number of benzene rings is 2. The first-order valence-corrected chi connectivity index (χ1v) is 9.59. The van der Waals surface area contributed by atoms with E-state index < -0.39 is 24.1 Å². The van der Waals surface area contributed by atoms with Crippen LogP contribution in [0.1, 0.15) is 0 Å². The first-order chi connectivity index (χ1) is 14.4. The molecule has 3 rings (SSSR count). The Morgan fingerprint density at radius 3 is 2.53 bits per heavy atom. The van der Waals surface area contributed by atoms with Crippen molar-refractivity contribution in [3.05, 3.63) is 58.9 Å². The largest absolute Gasteiger partial charge is 0.435 e. The second-order valence-electron chi connectivity index (χ2n) is 5.84. The van der Waals surface area contributed by atoms with Crippen LogP contribution in [0.5, 0.6) is 5.75 Å². The fourth-order valence-corrected chi connectivity index (χ4v) is 3.38. The Bertz CT molecular complexity index is 1140. The van der Waals surface area contributed by atoms with Crippen molar-refractivity contribution >= 4 is 34.6 Å². The summed E-state index contributed by atoms with van der Waals surface area (Å²) in [4.78, 5) is 40.7.